The van der Waals surface area contributed by atoms with E-state index in [1.807, 2.05) is 84.9 Å². The number of hydrogen-bond acceptors (Lipinski definition) is 7. The van der Waals surface area contributed by atoms with Gasteiger partial charge in [0, 0.05) is 25.7 Å². The highest BCUT2D eigenvalue weighted by molar-refractivity contribution is 6.06. The fourth-order valence-electron chi connectivity index (χ4n) is 5.23. The van der Waals surface area contributed by atoms with Crippen molar-refractivity contribution in [2.24, 2.45) is 0 Å². The van der Waals surface area contributed by atoms with Crippen LogP contribution in [0.1, 0.15) is 22.3 Å². The highest BCUT2D eigenvalue weighted by atomic mass is 16.7. The fraction of sp³-hybridized carbons (Fsp3) is 0.182. The Morgan fingerprint density at radius 1 is 0.952 bits per heavy atom. The molecule has 9 heteroatoms. The molecule has 3 aromatic carbocycles. The molecule has 1 aromatic heterocycles. The van der Waals surface area contributed by atoms with E-state index >= 15 is 0 Å². The molecule has 212 valence electrons. The molecular weight excluding hydrogens is 528 g/mol. The number of pyridine rings is 1. The van der Waals surface area contributed by atoms with Crippen molar-refractivity contribution in [3.63, 3.8) is 0 Å². The van der Waals surface area contributed by atoms with Gasteiger partial charge in [0.1, 0.15) is 17.1 Å². The number of amides is 2. The molecule has 42 heavy (non-hydrogen) atoms. The van der Waals surface area contributed by atoms with E-state index in [-0.39, 0.29) is 11.8 Å². The lowest BCUT2D eigenvalue weighted by molar-refractivity contribution is -0.119. The van der Waals surface area contributed by atoms with Crippen LogP contribution in [0.2, 0.25) is 0 Å². The second-order valence-electron chi connectivity index (χ2n) is 10.5. The molecule has 4 aromatic rings. The molecule has 2 aliphatic rings. The molecule has 0 saturated carbocycles. The van der Waals surface area contributed by atoms with Gasteiger partial charge in [0.15, 0.2) is 0 Å². The van der Waals surface area contributed by atoms with Crippen molar-refractivity contribution in [3.05, 3.63) is 120 Å². The van der Waals surface area contributed by atoms with Gasteiger partial charge in [0.2, 0.25) is 0 Å². The number of nitrogen functional groups attached to an aromatic ring is 1. The second-order valence-corrected chi connectivity index (χ2v) is 10.5. The number of rotatable bonds is 8. The van der Waals surface area contributed by atoms with Gasteiger partial charge in [-0.1, -0.05) is 66.7 Å². The van der Waals surface area contributed by atoms with Crippen LogP contribution in [0, 0.1) is 0 Å². The van der Waals surface area contributed by atoms with Gasteiger partial charge in [-0.2, -0.15) is 0 Å². The number of nitrogens with two attached hydrogens (primary N) is 1. The van der Waals surface area contributed by atoms with E-state index < -0.39 is 5.60 Å². The summed E-state index contributed by atoms with van der Waals surface area (Å²) >= 11 is 0. The summed E-state index contributed by atoms with van der Waals surface area (Å²) in [5, 5.41) is 5.86. The Hall–Kier alpha value is -5.15. The van der Waals surface area contributed by atoms with Gasteiger partial charge in [0.05, 0.1) is 23.5 Å². The minimum absolute atomic E-state index is 0.190. The van der Waals surface area contributed by atoms with Crippen molar-refractivity contribution < 1.29 is 14.4 Å². The standard InChI is InChI=1S/C33H32N6O3/c34-27-13-11-25(24-9-5-2-6-10-24)19-28(27)37-31(40)26-12-14-30(36-21-26)39-18-16-33(22-39)20-29(38-42-33)32(41)35-17-15-23-7-3-1-4-8-23/h1-14,19-21,38H,15-18,22,34H2,(H,35,41)(H,37,40). The van der Waals surface area contributed by atoms with Crippen LogP contribution in [0.3, 0.4) is 0 Å². The Labute approximate surface area is 244 Å². The first-order valence-corrected chi connectivity index (χ1v) is 13.9. The third-order valence-electron chi connectivity index (χ3n) is 7.56. The van der Waals surface area contributed by atoms with Crippen molar-refractivity contribution in [1.82, 2.24) is 15.8 Å². The van der Waals surface area contributed by atoms with Crippen LogP contribution in [0.25, 0.3) is 11.1 Å². The molecule has 2 aliphatic heterocycles. The SMILES string of the molecule is Nc1ccc(-c2ccccc2)cc1NC(=O)c1ccc(N2CCC3(C=C(C(=O)NCCc4ccccc4)NO3)C2)nc1. The molecule has 6 rings (SSSR count). The molecule has 1 fully saturated rings. The van der Waals surface area contributed by atoms with E-state index in [0.29, 0.717) is 48.7 Å². The summed E-state index contributed by atoms with van der Waals surface area (Å²) in [6.45, 7) is 1.76. The molecule has 5 N–H and O–H groups in total. The first-order chi connectivity index (χ1) is 20.5. The number of benzene rings is 3. The van der Waals surface area contributed by atoms with Gasteiger partial charge < -0.3 is 21.3 Å². The van der Waals surface area contributed by atoms with Gasteiger partial charge in [-0.05, 0) is 53.5 Å². The molecule has 0 radical (unpaired) electrons. The summed E-state index contributed by atoms with van der Waals surface area (Å²) in [4.78, 5) is 38.2. The predicted molar refractivity (Wildman–Crippen MR) is 164 cm³/mol. The highest BCUT2D eigenvalue weighted by Crippen LogP contribution is 2.33. The number of hydrogen-bond donors (Lipinski definition) is 4. The van der Waals surface area contributed by atoms with Gasteiger partial charge >= 0.3 is 0 Å². The summed E-state index contributed by atoms with van der Waals surface area (Å²) in [6, 6.07) is 29.1. The van der Waals surface area contributed by atoms with Crippen LogP contribution in [0.4, 0.5) is 17.2 Å². The van der Waals surface area contributed by atoms with Crippen LogP contribution in [-0.4, -0.2) is 42.0 Å². The first-order valence-electron chi connectivity index (χ1n) is 13.9. The predicted octanol–water partition coefficient (Wildman–Crippen LogP) is 4.31. The monoisotopic (exact) mass is 560 g/mol. The quantitative estimate of drug-likeness (QED) is 0.237. The zero-order chi connectivity index (χ0) is 28.9. The highest BCUT2D eigenvalue weighted by Gasteiger charge is 2.43. The molecule has 1 unspecified atom stereocenters. The van der Waals surface area contributed by atoms with Crippen molar-refractivity contribution in [2.75, 3.05) is 35.6 Å². The van der Waals surface area contributed by atoms with Crippen molar-refractivity contribution >= 4 is 29.0 Å². The molecule has 3 heterocycles. The zero-order valence-corrected chi connectivity index (χ0v) is 23.0. The number of nitrogens with zero attached hydrogens (tertiary/aromatic N) is 2. The Morgan fingerprint density at radius 2 is 1.74 bits per heavy atom. The Kier molecular flexibility index (Phi) is 7.57. The van der Waals surface area contributed by atoms with Crippen molar-refractivity contribution in [2.45, 2.75) is 18.4 Å². The number of aromatic nitrogens is 1. The molecule has 2 amide bonds. The molecule has 0 aliphatic carbocycles. The third kappa shape index (κ3) is 5.96. The Bertz CT molecular complexity index is 1610. The van der Waals surface area contributed by atoms with Gasteiger partial charge in [0.25, 0.3) is 11.8 Å². The number of hydroxylamine groups is 1. The lowest BCUT2D eigenvalue weighted by Crippen LogP contribution is -2.34. The average Bonchev–Trinajstić information content (AvgIpc) is 3.65. The van der Waals surface area contributed by atoms with Gasteiger partial charge in [-0.15, -0.1) is 0 Å². The number of carbonyl (C=O) groups is 2. The number of anilines is 3. The Balaban J connectivity index is 1.05. The summed E-state index contributed by atoms with van der Waals surface area (Å²) < 4.78 is 0. The molecule has 1 saturated heterocycles. The van der Waals surface area contributed by atoms with Gasteiger partial charge in [-0.25, -0.2) is 4.98 Å². The van der Waals surface area contributed by atoms with Crippen LogP contribution in [0.5, 0.6) is 0 Å². The summed E-state index contributed by atoms with van der Waals surface area (Å²) in [7, 11) is 0. The molecular formula is C33H32N6O3. The lowest BCUT2D eigenvalue weighted by Gasteiger charge is -2.21. The molecule has 9 nitrogen and oxygen atoms in total. The first kappa shape index (κ1) is 27.0. The van der Waals surface area contributed by atoms with Crippen LogP contribution in [0.15, 0.2) is 109 Å². The average molecular weight is 561 g/mol. The number of carbonyl (C=O) groups excluding carboxylic acids is 2. The summed E-state index contributed by atoms with van der Waals surface area (Å²) in [5.74, 6) is 0.245. The smallest absolute Gasteiger partial charge is 0.269 e. The maximum absolute atomic E-state index is 13.0. The van der Waals surface area contributed by atoms with E-state index in [1.165, 1.54) is 5.56 Å². The van der Waals surface area contributed by atoms with Crippen molar-refractivity contribution in [3.8, 4) is 11.1 Å². The molecule has 0 bridgehead atoms. The normalized spacial score (nSPS) is 17.5. The molecule has 1 atom stereocenters. The third-order valence-corrected chi connectivity index (χ3v) is 7.56. The van der Waals surface area contributed by atoms with E-state index in [0.717, 1.165) is 23.4 Å². The largest absolute Gasteiger partial charge is 0.397 e. The van der Waals surface area contributed by atoms with Crippen LogP contribution < -0.4 is 26.7 Å². The van der Waals surface area contributed by atoms with E-state index in [4.69, 9.17) is 10.6 Å². The summed E-state index contributed by atoms with van der Waals surface area (Å²) in [6.07, 6.45) is 4.87. The van der Waals surface area contributed by atoms with E-state index in [9.17, 15) is 9.59 Å². The van der Waals surface area contributed by atoms with Crippen LogP contribution in [-0.2, 0) is 16.1 Å². The Morgan fingerprint density at radius 3 is 2.50 bits per heavy atom. The zero-order valence-electron chi connectivity index (χ0n) is 23.0. The second kappa shape index (κ2) is 11.8. The van der Waals surface area contributed by atoms with Crippen LogP contribution >= 0.6 is 0 Å². The maximum atomic E-state index is 13.0. The van der Waals surface area contributed by atoms with E-state index in [1.54, 1.807) is 18.3 Å². The van der Waals surface area contributed by atoms with Gasteiger partial charge in [-0.3, -0.25) is 19.9 Å². The minimum Gasteiger partial charge on any atom is -0.397 e. The topological polar surface area (TPSA) is 122 Å². The fourth-order valence-corrected chi connectivity index (χ4v) is 5.23. The molecule has 1 spiro atoms. The maximum Gasteiger partial charge on any atom is 0.269 e. The lowest BCUT2D eigenvalue weighted by atomic mass is 10.0. The van der Waals surface area contributed by atoms with Crippen molar-refractivity contribution in [1.29, 1.82) is 0 Å². The minimum atomic E-state index is -0.620. The number of nitrogens with one attached hydrogen (secondary N) is 3. The van der Waals surface area contributed by atoms with E-state index in [2.05, 4.69) is 26.0 Å². The summed E-state index contributed by atoms with van der Waals surface area (Å²) in [5.41, 5.74) is 13.4.